The molecular weight excluding hydrogens is 434 g/mol. The molecule has 1 fully saturated rings. The molecule has 0 aliphatic carbocycles. The molecule has 32 heavy (non-hydrogen) atoms. The quantitative estimate of drug-likeness (QED) is 0.456. The Balaban J connectivity index is 1.55. The third-order valence-corrected chi connectivity index (χ3v) is 5.52. The topological polar surface area (TPSA) is 23.6 Å². The SMILES string of the molecule is O=C(c1cccc2ccccc12)N1CCN(c2cc(C(F)(F)F)cc(C(F)(F)F)c2)CC1. The number of amides is 1. The summed E-state index contributed by atoms with van der Waals surface area (Å²) in [4.78, 5) is 16.0. The number of fused-ring (bicyclic) bond motifs is 1. The second kappa shape index (κ2) is 8.03. The van der Waals surface area contributed by atoms with Crippen LogP contribution in [0.15, 0.2) is 60.7 Å². The van der Waals surface area contributed by atoms with Crippen LogP contribution in [0.2, 0.25) is 0 Å². The van der Waals surface area contributed by atoms with Gasteiger partial charge < -0.3 is 9.80 Å². The number of carbonyl (C=O) groups is 1. The van der Waals surface area contributed by atoms with Gasteiger partial charge in [-0.2, -0.15) is 26.3 Å². The second-order valence-electron chi connectivity index (χ2n) is 7.57. The summed E-state index contributed by atoms with van der Waals surface area (Å²) in [6.45, 7) is 0.601. The Labute approximate surface area is 179 Å². The van der Waals surface area contributed by atoms with Crippen molar-refractivity contribution in [3.63, 3.8) is 0 Å². The van der Waals surface area contributed by atoms with Crippen molar-refractivity contribution >= 4 is 22.4 Å². The summed E-state index contributed by atoms with van der Waals surface area (Å²) >= 11 is 0. The highest BCUT2D eigenvalue weighted by Crippen LogP contribution is 2.38. The molecule has 0 bridgehead atoms. The lowest BCUT2D eigenvalue weighted by Gasteiger charge is -2.36. The fourth-order valence-electron chi connectivity index (χ4n) is 3.87. The van der Waals surface area contributed by atoms with Gasteiger partial charge in [-0.25, -0.2) is 0 Å². The molecule has 4 rings (SSSR count). The van der Waals surface area contributed by atoms with Gasteiger partial charge in [-0.3, -0.25) is 4.79 Å². The summed E-state index contributed by atoms with van der Waals surface area (Å²) in [5, 5.41) is 1.69. The number of nitrogens with zero attached hydrogens (tertiary/aromatic N) is 2. The fraction of sp³-hybridized carbons (Fsp3) is 0.261. The molecule has 0 atom stereocenters. The van der Waals surface area contributed by atoms with Crippen molar-refractivity contribution < 1.29 is 31.1 Å². The van der Waals surface area contributed by atoms with Gasteiger partial charge in [-0.05, 0) is 35.0 Å². The fourth-order valence-corrected chi connectivity index (χ4v) is 3.87. The first kappa shape index (κ1) is 22.0. The summed E-state index contributed by atoms with van der Waals surface area (Å²) in [7, 11) is 0. The average molecular weight is 452 g/mol. The maximum absolute atomic E-state index is 13.1. The van der Waals surface area contributed by atoms with Gasteiger partial charge in [0, 0.05) is 37.4 Å². The normalized spacial score (nSPS) is 15.3. The number of halogens is 6. The molecule has 1 saturated heterocycles. The van der Waals surface area contributed by atoms with Crippen LogP contribution in [0.1, 0.15) is 21.5 Å². The minimum absolute atomic E-state index is 0.115. The van der Waals surface area contributed by atoms with Gasteiger partial charge in [-0.1, -0.05) is 36.4 Å². The first-order valence-corrected chi connectivity index (χ1v) is 9.85. The Morgan fingerprint density at radius 3 is 1.88 bits per heavy atom. The monoisotopic (exact) mass is 452 g/mol. The Kier molecular flexibility index (Phi) is 5.52. The summed E-state index contributed by atoms with van der Waals surface area (Å²) in [6.07, 6.45) is -9.80. The third-order valence-electron chi connectivity index (χ3n) is 5.52. The van der Waals surface area contributed by atoms with Crippen molar-refractivity contribution in [2.75, 3.05) is 31.1 Å². The molecule has 3 aromatic rings. The van der Waals surface area contributed by atoms with E-state index < -0.39 is 23.5 Å². The zero-order chi connectivity index (χ0) is 23.1. The highest BCUT2D eigenvalue weighted by molar-refractivity contribution is 6.07. The number of hydrogen-bond donors (Lipinski definition) is 0. The molecule has 0 N–H and O–H groups in total. The average Bonchev–Trinajstić information content (AvgIpc) is 2.77. The Morgan fingerprint density at radius 2 is 1.28 bits per heavy atom. The van der Waals surface area contributed by atoms with E-state index in [-0.39, 0.29) is 43.8 Å². The molecule has 0 saturated carbocycles. The highest BCUT2D eigenvalue weighted by atomic mass is 19.4. The number of anilines is 1. The molecule has 3 nitrogen and oxygen atoms in total. The van der Waals surface area contributed by atoms with E-state index >= 15 is 0 Å². The summed E-state index contributed by atoms with van der Waals surface area (Å²) in [5.74, 6) is -0.221. The molecule has 0 radical (unpaired) electrons. The summed E-state index contributed by atoms with van der Waals surface area (Å²) in [6, 6.07) is 14.3. The number of rotatable bonds is 2. The van der Waals surface area contributed by atoms with E-state index in [1.807, 2.05) is 30.3 Å². The van der Waals surface area contributed by atoms with Crippen LogP contribution in [0.4, 0.5) is 32.0 Å². The van der Waals surface area contributed by atoms with E-state index in [9.17, 15) is 31.1 Å². The standard InChI is InChI=1S/C23H18F6N2O/c24-22(25,26)16-12-17(23(27,28)29)14-18(13-16)30-8-10-31(11-9-30)21(32)20-7-3-5-15-4-1-2-6-19(15)20/h1-7,12-14H,8-11H2. The third kappa shape index (κ3) is 4.37. The molecule has 0 unspecified atom stereocenters. The van der Waals surface area contributed by atoms with Gasteiger partial charge in [-0.15, -0.1) is 0 Å². The smallest absolute Gasteiger partial charge is 0.368 e. The van der Waals surface area contributed by atoms with Crippen LogP contribution in [-0.2, 0) is 12.4 Å². The molecule has 0 spiro atoms. The molecule has 1 aliphatic rings. The van der Waals surface area contributed by atoms with Crippen molar-refractivity contribution in [2.45, 2.75) is 12.4 Å². The van der Waals surface area contributed by atoms with Crippen LogP contribution < -0.4 is 4.90 Å². The van der Waals surface area contributed by atoms with Crippen molar-refractivity contribution in [1.82, 2.24) is 4.90 Å². The lowest BCUT2D eigenvalue weighted by atomic mass is 10.0. The van der Waals surface area contributed by atoms with E-state index in [2.05, 4.69) is 0 Å². The second-order valence-corrected chi connectivity index (χ2v) is 7.57. The zero-order valence-electron chi connectivity index (χ0n) is 16.7. The maximum atomic E-state index is 13.1. The van der Waals surface area contributed by atoms with Gasteiger partial charge in [0.05, 0.1) is 11.1 Å². The van der Waals surface area contributed by atoms with Gasteiger partial charge >= 0.3 is 12.4 Å². The van der Waals surface area contributed by atoms with Crippen LogP contribution in [0, 0.1) is 0 Å². The lowest BCUT2D eigenvalue weighted by molar-refractivity contribution is -0.143. The van der Waals surface area contributed by atoms with Crippen molar-refractivity contribution in [3.05, 3.63) is 77.4 Å². The number of hydrogen-bond acceptors (Lipinski definition) is 2. The summed E-state index contributed by atoms with van der Waals surface area (Å²) < 4.78 is 78.9. The minimum atomic E-state index is -4.90. The van der Waals surface area contributed by atoms with Crippen LogP contribution in [0.5, 0.6) is 0 Å². The van der Waals surface area contributed by atoms with Crippen LogP contribution in [0.3, 0.4) is 0 Å². The molecule has 1 aliphatic heterocycles. The molecule has 0 aromatic heterocycles. The zero-order valence-corrected chi connectivity index (χ0v) is 16.7. The van der Waals surface area contributed by atoms with Crippen molar-refractivity contribution in [2.24, 2.45) is 0 Å². The van der Waals surface area contributed by atoms with Gasteiger partial charge in [0.2, 0.25) is 0 Å². The number of alkyl halides is 6. The van der Waals surface area contributed by atoms with E-state index in [1.165, 1.54) is 4.90 Å². The van der Waals surface area contributed by atoms with E-state index in [0.717, 1.165) is 22.9 Å². The van der Waals surface area contributed by atoms with Gasteiger partial charge in [0.25, 0.3) is 5.91 Å². The van der Waals surface area contributed by atoms with Crippen molar-refractivity contribution in [3.8, 4) is 0 Å². The van der Waals surface area contributed by atoms with Crippen LogP contribution in [-0.4, -0.2) is 37.0 Å². The first-order chi connectivity index (χ1) is 15.0. The largest absolute Gasteiger partial charge is 0.416 e. The number of piperazine rings is 1. The first-order valence-electron chi connectivity index (χ1n) is 9.85. The number of carbonyl (C=O) groups excluding carboxylic acids is 1. The van der Waals surface area contributed by atoms with E-state index in [1.54, 1.807) is 17.0 Å². The predicted molar refractivity (Wildman–Crippen MR) is 109 cm³/mol. The molecule has 168 valence electrons. The van der Waals surface area contributed by atoms with Gasteiger partial charge in [0.15, 0.2) is 0 Å². The Morgan fingerprint density at radius 1 is 0.719 bits per heavy atom. The minimum Gasteiger partial charge on any atom is -0.368 e. The molecule has 1 amide bonds. The highest BCUT2D eigenvalue weighted by Gasteiger charge is 2.37. The van der Waals surface area contributed by atoms with Gasteiger partial charge in [0.1, 0.15) is 0 Å². The lowest BCUT2D eigenvalue weighted by Crippen LogP contribution is -2.49. The predicted octanol–water partition coefficient (Wildman–Crippen LogP) is 5.84. The summed E-state index contributed by atoms with van der Waals surface area (Å²) in [5.41, 5.74) is -2.35. The molecule has 1 heterocycles. The number of benzene rings is 3. The Bertz CT molecular complexity index is 1110. The Hall–Kier alpha value is -3.23. The van der Waals surface area contributed by atoms with Crippen molar-refractivity contribution in [1.29, 1.82) is 0 Å². The van der Waals surface area contributed by atoms with E-state index in [4.69, 9.17) is 0 Å². The van der Waals surface area contributed by atoms with E-state index in [0.29, 0.717) is 5.56 Å². The molecule has 3 aromatic carbocycles. The van der Waals surface area contributed by atoms with Crippen LogP contribution in [0.25, 0.3) is 10.8 Å². The van der Waals surface area contributed by atoms with Crippen LogP contribution >= 0.6 is 0 Å². The maximum Gasteiger partial charge on any atom is 0.416 e. The molecule has 9 heteroatoms. The molecular formula is C23H18F6N2O.